The minimum atomic E-state index is -0.451. The molecule has 0 atom stereocenters. The summed E-state index contributed by atoms with van der Waals surface area (Å²) >= 11 is 0. The lowest BCUT2D eigenvalue weighted by atomic mass is 9.95. The molecule has 28 heavy (non-hydrogen) atoms. The third-order valence-electron chi connectivity index (χ3n) is 5.85. The Bertz CT molecular complexity index is 815. The standard InChI is InChI=1S/C23H29N3O2/c24-23(27)17-28-21-6-3-4-19(14-21)15-25-11-8-18(9-12-25)16-26-13-10-20-5-1-2-7-22(20)26/h1-7,14,18H,8-13,15-17H2,(H2,24,27). The Morgan fingerprint density at radius 3 is 2.71 bits per heavy atom. The number of anilines is 1. The molecular formula is C23H29N3O2. The van der Waals surface area contributed by atoms with Gasteiger partial charge in [-0.15, -0.1) is 0 Å². The Kier molecular flexibility index (Phi) is 5.81. The normalized spacial score (nSPS) is 17.5. The number of nitrogens with two attached hydrogens (primary N) is 1. The second kappa shape index (κ2) is 8.65. The van der Waals surface area contributed by atoms with Crippen molar-refractivity contribution < 1.29 is 9.53 Å². The first-order valence-electron chi connectivity index (χ1n) is 10.2. The van der Waals surface area contributed by atoms with E-state index in [0.29, 0.717) is 5.75 Å². The van der Waals surface area contributed by atoms with Crippen LogP contribution in [0.5, 0.6) is 5.75 Å². The summed E-state index contributed by atoms with van der Waals surface area (Å²) in [6.45, 7) is 5.46. The molecule has 0 aromatic heterocycles. The highest BCUT2D eigenvalue weighted by Crippen LogP contribution is 2.30. The van der Waals surface area contributed by atoms with Crippen molar-refractivity contribution in [3.8, 4) is 5.75 Å². The molecule has 2 heterocycles. The molecule has 0 unspecified atom stereocenters. The number of primary amides is 1. The van der Waals surface area contributed by atoms with Gasteiger partial charge in [0.05, 0.1) is 0 Å². The first-order valence-corrected chi connectivity index (χ1v) is 10.2. The number of fused-ring (bicyclic) bond motifs is 1. The molecule has 0 bridgehead atoms. The van der Waals surface area contributed by atoms with E-state index in [0.717, 1.165) is 32.1 Å². The maximum atomic E-state index is 10.9. The molecule has 2 aliphatic rings. The Morgan fingerprint density at radius 1 is 1.07 bits per heavy atom. The number of likely N-dealkylation sites (tertiary alicyclic amines) is 1. The van der Waals surface area contributed by atoms with Crippen molar-refractivity contribution in [1.29, 1.82) is 0 Å². The smallest absolute Gasteiger partial charge is 0.255 e. The van der Waals surface area contributed by atoms with Crippen LogP contribution in [0, 0.1) is 5.92 Å². The van der Waals surface area contributed by atoms with E-state index in [4.69, 9.17) is 10.5 Å². The highest BCUT2D eigenvalue weighted by Gasteiger charge is 2.25. The van der Waals surface area contributed by atoms with Crippen molar-refractivity contribution in [2.75, 3.05) is 37.7 Å². The summed E-state index contributed by atoms with van der Waals surface area (Å²) in [7, 11) is 0. The van der Waals surface area contributed by atoms with E-state index in [9.17, 15) is 4.79 Å². The molecule has 0 aliphatic carbocycles. The highest BCUT2D eigenvalue weighted by molar-refractivity contribution is 5.75. The van der Waals surface area contributed by atoms with Crippen LogP contribution in [-0.4, -0.2) is 43.6 Å². The van der Waals surface area contributed by atoms with Crippen LogP contribution in [0.15, 0.2) is 48.5 Å². The number of para-hydroxylation sites is 1. The fourth-order valence-corrected chi connectivity index (χ4v) is 4.38. The van der Waals surface area contributed by atoms with Crippen molar-refractivity contribution in [3.63, 3.8) is 0 Å². The lowest BCUT2D eigenvalue weighted by molar-refractivity contribution is -0.119. The third kappa shape index (κ3) is 4.65. The predicted octanol–water partition coefficient (Wildman–Crippen LogP) is 2.83. The fourth-order valence-electron chi connectivity index (χ4n) is 4.38. The third-order valence-corrected chi connectivity index (χ3v) is 5.85. The minimum absolute atomic E-state index is 0.0749. The van der Waals surface area contributed by atoms with E-state index in [-0.39, 0.29) is 6.61 Å². The van der Waals surface area contributed by atoms with Crippen LogP contribution < -0.4 is 15.4 Å². The van der Waals surface area contributed by atoms with Crippen LogP contribution in [0.3, 0.4) is 0 Å². The van der Waals surface area contributed by atoms with Crippen LogP contribution in [0.25, 0.3) is 0 Å². The number of carbonyl (C=O) groups is 1. The summed E-state index contributed by atoms with van der Waals surface area (Å²) < 4.78 is 5.42. The van der Waals surface area contributed by atoms with E-state index in [1.54, 1.807) is 0 Å². The summed E-state index contributed by atoms with van der Waals surface area (Å²) in [5, 5.41) is 0. The van der Waals surface area contributed by atoms with Gasteiger partial charge in [0.1, 0.15) is 5.75 Å². The Balaban J connectivity index is 1.26. The molecule has 0 radical (unpaired) electrons. The Hall–Kier alpha value is -2.53. The van der Waals surface area contributed by atoms with Crippen molar-refractivity contribution in [3.05, 3.63) is 59.7 Å². The van der Waals surface area contributed by atoms with E-state index in [1.807, 2.05) is 18.2 Å². The number of piperidine rings is 1. The van der Waals surface area contributed by atoms with E-state index >= 15 is 0 Å². The van der Waals surface area contributed by atoms with Crippen LogP contribution in [0.4, 0.5) is 5.69 Å². The van der Waals surface area contributed by atoms with Crippen LogP contribution >= 0.6 is 0 Å². The average molecular weight is 380 g/mol. The molecule has 2 aromatic rings. The number of amides is 1. The number of hydrogen-bond donors (Lipinski definition) is 1. The second-order valence-corrected chi connectivity index (χ2v) is 7.95. The van der Waals surface area contributed by atoms with Crippen LogP contribution in [0.1, 0.15) is 24.0 Å². The van der Waals surface area contributed by atoms with E-state index < -0.39 is 5.91 Å². The number of rotatable bonds is 7. The van der Waals surface area contributed by atoms with Gasteiger partial charge in [0.2, 0.25) is 0 Å². The first-order chi connectivity index (χ1) is 13.7. The second-order valence-electron chi connectivity index (χ2n) is 7.95. The van der Waals surface area contributed by atoms with Gasteiger partial charge in [-0.1, -0.05) is 30.3 Å². The number of nitrogens with zero attached hydrogens (tertiary/aromatic N) is 2. The number of benzene rings is 2. The quantitative estimate of drug-likeness (QED) is 0.804. The van der Waals surface area contributed by atoms with E-state index in [2.05, 4.69) is 40.1 Å². The van der Waals surface area contributed by atoms with E-state index in [1.165, 1.54) is 42.6 Å². The predicted molar refractivity (Wildman–Crippen MR) is 111 cm³/mol. The Labute approximate surface area is 167 Å². The lowest BCUT2D eigenvalue weighted by Crippen LogP contribution is -2.38. The summed E-state index contributed by atoms with van der Waals surface area (Å²) in [5.74, 6) is 1.03. The van der Waals surface area contributed by atoms with Crippen molar-refractivity contribution in [2.45, 2.75) is 25.8 Å². The first kappa shape index (κ1) is 18.8. The molecule has 1 saturated heterocycles. The van der Waals surface area contributed by atoms with Gasteiger partial charge in [-0.05, 0) is 67.6 Å². The molecule has 5 nitrogen and oxygen atoms in total. The molecule has 0 spiro atoms. The fraction of sp³-hybridized carbons (Fsp3) is 0.435. The molecule has 2 N–H and O–H groups in total. The monoisotopic (exact) mass is 379 g/mol. The summed E-state index contributed by atoms with van der Waals surface area (Å²) in [4.78, 5) is 16.0. The van der Waals surface area contributed by atoms with Gasteiger partial charge in [-0.3, -0.25) is 9.69 Å². The highest BCUT2D eigenvalue weighted by atomic mass is 16.5. The van der Waals surface area contributed by atoms with Gasteiger partial charge in [-0.25, -0.2) is 0 Å². The van der Waals surface area contributed by atoms with Gasteiger partial charge in [0.15, 0.2) is 6.61 Å². The molecule has 1 amide bonds. The molecule has 0 saturated carbocycles. The summed E-state index contributed by atoms with van der Waals surface area (Å²) in [5.41, 5.74) is 9.31. The molecule has 5 heteroatoms. The van der Waals surface area contributed by atoms with Gasteiger partial charge in [0.25, 0.3) is 5.91 Å². The molecule has 2 aliphatic heterocycles. The van der Waals surface area contributed by atoms with Crippen molar-refractivity contribution in [1.82, 2.24) is 4.90 Å². The average Bonchev–Trinajstić information content (AvgIpc) is 3.11. The maximum absolute atomic E-state index is 10.9. The maximum Gasteiger partial charge on any atom is 0.255 e. The topological polar surface area (TPSA) is 58.8 Å². The van der Waals surface area contributed by atoms with Gasteiger partial charge < -0.3 is 15.4 Å². The zero-order valence-electron chi connectivity index (χ0n) is 16.3. The van der Waals surface area contributed by atoms with Gasteiger partial charge in [0, 0.05) is 25.3 Å². The Morgan fingerprint density at radius 2 is 1.89 bits per heavy atom. The minimum Gasteiger partial charge on any atom is -0.484 e. The molecule has 1 fully saturated rings. The van der Waals surface area contributed by atoms with Gasteiger partial charge in [-0.2, -0.15) is 0 Å². The van der Waals surface area contributed by atoms with Crippen molar-refractivity contribution in [2.24, 2.45) is 11.7 Å². The molecular weight excluding hydrogens is 350 g/mol. The SMILES string of the molecule is NC(=O)COc1cccc(CN2CCC(CN3CCc4ccccc43)CC2)c1. The lowest BCUT2D eigenvalue weighted by Gasteiger charge is -2.34. The number of ether oxygens (including phenoxy) is 1. The zero-order chi connectivity index (χ0) is 19.3. The summed E-state index contributed by atoms with van der Waals surface area (Å²) in [6, 6.07) is 16.8. The molecule has 4 rings (SSSR count). The van der Waals surface area contributed by atoms with Crippen molar-refractivity contribution >= 4 is 11.6 Å². The van der Waals surface area contributed by atoms with Crippen LogP contribution in [-0.2, 0) is 17.8 Å². The van der Waals surface area contributed by atoms with Crippen LogP contribution in [0.2, 0.25) is 0 Å². The number of hydrogen-bond acceptors (Lipinski definition) is 4. The largest absolute Gasteiger partial charge is 0.484 e. The molecule has 2 aromatic carbocycles. The molecule has 148 valence electrons. The van der Waals surface area contributed by atoms with Gasteiger partial charge >= 0.3 is 0 Å². The zero-order valence-corrected chi connectivity index (χ0v) is 16.3. The number of carbonyl (C=O) groups excluding carboxylic acids is 1. The summed E-state index contributed by atoms with van der Waals surface area (Å²) in [6.07, 6.45) is 3.68.